The van der Waals surface area contributed by atoms with E-state index in [1.807, 2.05) is 11.8 Å². The highest BCUT2D eigenvalue weighted by Gasteiger charge is 2.19. The molecule has 0 aromatic carbocycles. The Hall–Kier alpha value is -0.830. The first kappa shape index (κ1) is 17.2. The first-order valence-electron chi connectivity index (χ1n) is 8.38. The van der Waals surface area contributed by atoms with Crippen LogP contribution in [0.25, 0.3) is 0 Å². The van der Waals surface area contributed by atoms with Crippen LogP contribution < -0.4 is 0 Å². The molecule has 3 nitrogen and oxygen atoms in total. The van der Waals surface area contributed by atoms with Crippen LogP contribution in [0.15, 0.2) is 17.1 Å². The molecule has 0 spiro atoms. The summed E-state index contributed by atoms with van der Waals surface area (Å²) in [6, 6.07) is 0. The van der Waals surface area contributed by atoms with E-state index in [2.05, 4.69) is 24.1 Å². The summed E-state index contributed by atoms with van der Waals surface area (Å²) in [7, 11) is 0. The van der Waals surface area contributed by atoms with Crippen LogP contribution in [-0.2, 0) is 0 Å². The highest BCUT2D eigenvalue weighted by molar-refractivity contribution is 5.83. The Balaban J connectivity index is 1.98. The first-order chi connectivity index (χ1) is 9.75. The molecule has 0 aliphatic carbocycles. The largest absolute Gasteiger partial charge is 0.374 e. The fourth-order valence-corrected chi connectivity index (χ4v) is 2.60. The summed E-state index contributed by atoms with van der Waals surface area (Å²) >= 11 is 0. The Morgan fingerprint density at radius 1 is 1.15 bits per heavy atom. The minimum absolute atomic E-state index is 0.390. The molecule has 1 unspecified atom stereocenters. The van der Waals surface area contributed by atoms with Crippen molar-refractivity contribution in [2.24, 2.45) is 4.99 Å². The van der Waals surface area contributed by atoms with Gasteiger partial charge < -0.3 is 10.0 Å². The van der Waals surface area contributed by atoms with Crippen molar-refractivity contribution >= 4 is 5.84 Å². The molecule has 0 radical (unpaired) electrons. The van der Waals surface area contributed by atoms with Crippen LogP contribution in [0.5, 0.6) is 0 Å². The van der Waals surface area contributed by atoms with Crippen molar-refractivity contribution in [3.63, 3.8) is 0 Å². The fourth-order valence-electron chi connectivity index (χ4n) is 2.60. The summed E-state index contributed by atoms with van der Waals surface area (Å²) in [4.78, 5) is 6.50. The minimum Gasteiger partial charge on any atom is -0.374 e. The fraction of sp³-hybridized carbons (Fsp3) is 0.824. The van der Waals surface area contributed by atoms with Crippen LogP contribution in [0.3, 0.4) is 0 Å². The van der Waals surface area contributed by atoms with Gasteiger partial charge in [-0.25, -0.2) is 0 Å². The van der Waals surface area contributed by atoms with Gasteiger partial charge in [0.2, 0.25) is 0 Å². The quantitative estimate of drug-likeness (QED) is 0.456. The van der Waals surface area contributed by atoms with E-state index in [-0.39, 0.29) is 6.23 Å². The molecule has 1 aliphatic rings. The van der Waals surface area contributed by atoms with E-state index in [9.17, 15) is 5.11 Å². The lowest BCUT2D eigenvalue weighted by Crippen LogP contribution is -2.35. The molecule has 0 amide bonds. The number of hydrogen-bond donors (Lipinski definition) is 1. The van der Waals surface area contributed by atoms with Gasteiger partial charge in [-0.1, -0.05) is 38.3 Å². The highest BCUT2D eigenvalue weighted by Crippen LogP contribution is 2.12. The van der Waals surface area contributed by atoms with E-state index in [1.54, 1.807) is 0 Å². The van der Waals surface area contributed by atoms with E-state index in [1.165, 1.54) is 51.4 Å². The van der Waals surface area contributed by atoms with Gasteiger partial charge in [-0.2, -0.15) is 0 Å². The summed E-state index contributed by atoms with van der Waals surface area (Å²) in [6.45, 7) is 5.80. The Morgan fingerprint density at radius 3 is 2.50 bits per heavy atom. The Bertz CT molecular complexity index is 297. The zero-order valence-corrected chi connectivity index (χ0v) is 13.4. The summed E-state index contributed by atoms with van der Waals surface area (Å²) in [6.07, 6.45) is 15.5. The average molecular weight is 280 g/mol. The van der Waals surface area contributed by atoms with Gasteiger partial charge in [0.25, 0.3) is 0 Å². The SMILES string of the molecule is CCCCCC/C=C/CCCCC1=NCCN1C(C)O. The van der Waals surface area contributed by atoms with Crippen molar-refractivity contribution in [1.82, 2.24) is 4.90 Å². The molecule has 0 saturated carbocycles. The molecule has 0 aromatic heterocycles. The first-order valence-corrected chi connectivity index (χ1v) is 8.38. The molecule has 1 rings (SSSR count). The molecule has 0 bridgehead atoms. The van der Waals surface area contributed by atoms with E-state index in [4.69, 9.17) is 0 Å². The lowest BCUT2D eigenvalue weighted by Gasteiger charge is -2.23. The van der Waals surface area contributed by atoms with Gasteiger partial charge in [0.05, 0.1) is 6.54 Å². The summed E-state index contributed by atoms with van der Waals surface area (Å²) in [5.41, 5.74) is 0. The zero-order chi connectivity index (χ0) is 14.6. The normalized spacial score (nSPS) is 16.9. The molecule has 0 fully saturated rings. The summed E-state index contributed by atoms with van der Waals surface area (Å²) in [5, 5.41) is 9.62. The topological polar surface area (TPSA) is 35.8 Å². The van der Waals surface area contributed by atoms with Crippen molar-refractivity contribution in [2.75, 3.05) is 13.1 Å². The number of amidine groups is 1. The Labute approximate surface area is 124 Å². The van der Waals surface area contributed by atoms with E-state index >= 15 is 0 Å². The molecule has 116 valence electrons. The van der Waals surface area contributed by atoms with Gasteiger partial charge in [0.15, 0.2) is 0 Å². The van der Waals surface area contributed by atoms with Gasteiger partial charge in [-0.05, 0) is 39.0 Å². The monoisotopic (exact) mass is 280 g/mol. The van der Waals surface area contributed by atoms with Crippen LogP contribution in [0.4, 0.5) is 0 Å². The number of rotatable bonds is 11. The lowest BCUT2D eigenvalue weighted by molar-refractivity contribution is 0.0766. The number of nitrogens with zero attached hydrogens (tertiary/aromatic N) is 2. The maximum atomic E-state index is 9.62. The number of aliphatic hydroxyl groups excluding tert-OH is 1. The number of hydrogen-bond acceptors (Lipinski definition) is 3. The molecule has 20 heavy (non-hydrogen) atoms. The molecule has 1 atom stereocenters. The second kappa shape index (κ2) is 10.9. The van der Waals surface area contributed by atoms with Gasteiger partial charge in [-0.3, -0.25) is 4.99 Å². The van der Waals surface area contributed by atoms with Crippen LogP contribution in [0, 0.1) is 0 Å². The smallest absolute Gasteiger partial charge is 0.125 e. The summed E-state index contributed by atoms with van der Waals surface area (Å²) < 4.78 is 0. The maximum absolute atomic E-state index is 9.62. The molecular formula is C17H32N2O. The number of aliphatic hydroxyl groups is 1. The lowest BCUT2D eigenvalue weighted by atomic mass is 10.1. The van der Waals surface area contributed by atoms with E-state index in [0.717, 1.165) is 25.3 Å². The second-order valence-electron chi connectivity index (χ2n) is 5.69. The van der Waals surface area contributed by atoms with E-state index in [0.29, 0.717) is 0 Å². The maximum Gasteiger partial charge on any atom is 0.125 e. The standard InChI is InChI=1S/C17H32N2O/c1-3-4-5-6-7-8-9-10-11-12-13-17-18-14-15-19(17)16(2)20/h8-9,16,20H,3-7,10-15H2,1-2H3/b9-8+. The molecule has 1 N–H and O–H groups in total. The molecule has 0 saturated heterocycles. The molecule has 1 heterocycles. The van der Waals surface area contributed by atoms with Gasteiger partial charge in [0.1, 0.15) is 12.1 Å². The predicted molar refractivity (Wildman–Crippen MR) is 87.1 cm³/mol. The van der Waals surface area contributed by atoms with Crippen LogP contribution in [0.1, 0.15) is 71.6 Å². The minimum atomic E-state index is -0.390. The highest BCUT2D eigenvalue weighted by atomic mass is 16.3. The van der Waals surface area contributed by atoms with Crippen LogP contribution >= 0.6 is 0 Å². The molecule has 0 aromatic rings. The van der Waals surface area contributed by atoms with Crippen molar-refractivity contribution in [1.29, 1.82) is 0 Å². The average Bonchev–Trinajstić information content (AvgIpc) is 2.89. The third kappa shape index (κ3) is 7.09. The summed E-state index contributed by atoms with van der Waals surface area (Å²) in [5.74, 6) is 1.10. The van der Waals surface area contributed by atoms with Crippen LogP contribution in [0.2, 0.25) is 0 Å². The molecule has 1 aliphatic heterocycles. The van der Waals surface area contributed by atoms with Crippen LogP contribution in [-0.4, -0.2) is 35.2 Å². The van der Waals surface area contributed by atoms with Crippen molar-refractivity contribution in [2.45, 2.75) is 77.9 Å². The number of aliphatic imine (C=N–C) groups is 1. The Kier molecular flexibility index (Phi) is 9.38. The third-order valence-corrected chi connectivity index (χ3v) is 3.83. The second-order valence-corrected chi connectivity index (χ2v) is 5.69. The van der Waals surface area contributed by atoms with E-state index < -0.39 is 0 Å². The zero-order valence-electron chi connectivity index (χ0n) is 13.4. The van der Waals surface area contributed by atoms with Gasteiger partial charge in [0, 0.05) is 13.0 Å². The molecular weight excluding hydrogens is 248 g/mol. The number of unbranched alkanes of at least 4 members (excludes halogenated alkanes) is 6. The number of allylic oxidation sites excluding steroid dienone is 2. The van der Waals surface area contributed by atoms with Gasteiger partial charge in [-0.15, -0.1) is 0 Å². The molecule has 3 heteroatoms. The third-order valence-electron chi connectivity index (χ3n) is 3.83. The predicted octanol–water partition coefficient (Wildman–Crippen LogP) is 4.13. The van der Waals surface area contributed by atoms with Crippen molar-refractivity contribution in [3.05, 3.63) is 12.2 Å². The van der Waals surface area contributed by atoms with Crippen molar-refractivity contribution in [3.8, 4) is 0 Å². The Morgan fingerprint density at radius 2 is 1.85 bits per heavy atom. The van der Waals surface area contributed by atoms with Crippen molar-refractivity contribution < 1.29 is 5.11 Å². The van der Waals surface area contributed by atoms with Gasteiger partial charge >= 0.3 is 0 Å².